The number of rotatable bonds is 7. The Labute approximate surface area is 194 Å². The van der Waals surface area contributed by atoms with E-state index in [1.54, 1.807) is 6.33 Å². The largest absolute Gasteiger partial charge is 0.380 e. The van der Waals surface area contributed by atoms with E-state index in [0.717, 1.165) is 53.5 Å². The SMILES string of the molecule is Cc1cc(-c2n[nH]c(-c3ccc(C(C)NCC4(C)COC4)cc3)c2C(C)C)cn2ncnc12. The second-order valence-corrected chi connectivity index (χ2v) is 9.98. The molecule has 5 rings (SSSR count). The van der Waals surface area contributed by atoms with Crippen molar-refractivity contribution >= 4 is 5.65 Å². The second kappa shape index (κ2) is 8.39. The summed E-state index contributed by atoms with van der Waals surface area (Å²) < 4.78 is 7.19. The molecule has 2 N–H and O–H groups in total. The van der Waals surface area contributed by atoms with Crippen LogP contribution in [-0.2, 0) is 4.74 Å². The normalized spacial score (nSPS) is 16.3. The first-order valence-electron chi connectivity index (χ1n) is 11.6. The first-order valence-corrected chi connectivity index (χ1v) is 11.6. The lowest BCUT2D eigenvalue weighted by Gasteiger charge is -2.39. The summed E-state index contributed by atoms with van der Waals surface area (Å²) in [5, 5.41) is 16.0. The molecule has 0 spiro atoms. The van der Waals surface area contributed by atoms with Crippen molar-refractivity contribution < 1.29 is 4.74 Å². The molecular formula is C26H32N6O. The summed E-state index contributed by atoms with van der Waals surface area (Å²) in [7, 11) is 0. The Morgan fingerprint density at radius 3 is 2.58 bits per heavy atom. The topological polar surface area (TPSA) is 80.1 Å². The maximum Gasteiger partial charge on any atom is 0.158 e. The minimum atomic E-state index is 0.264. The maximum atomic E-state index is 5.37. The van der Waals surface area contributed by atoms with E-state index in [9.17, 15) is 0 Å². The number of nitrogens with one attached hydrogen (secondary N) is 2. The average Bonchev–Trinajstić information content (AvgIpc) is 3.43. The smallest absolute Gasteiger partial charge is 0.158 e. The predicted octanol–water partition coefficient (Wildman–Crippen LogP) is 4.91. The van der Waals surface area contributed by atoms with Crippen LogP contribution in [0.5, 0.6) is 0 Å². The van der Waals surface area contributed by atoms with E-state index in [4.69, 9.17) is 9.84 Å². The molecule has 172 valence electrons. The number of hydrogen-bond donors (Lipinski definition) is 2. The highest BCUT2D eigenvalue weighted by Gasteiger charge is 2.33. The molecule has 1 aromatic carbocycles. The lowest BCUT2D eigenvalue weighted by atomic mass is 9.88. The van der Waals surface area contributed by atoms with Gasteiger partial charge in [-0.25, -0.2) is 9.50 Å². The van der Waals surface area contributed by atoms with Gasteiger partial charge in [0.15, 0.2) is 5.65 Å². The molecule has 1 saturated heterocycles. The van der Waals surface area contributed by atoms with E-state index in [1.165, 1.54) is 11.1 Å². The molecule has 4 heterocycles. The van der Waals surface area contributed by atoms with E-state index >= 15 is 0 Å². The number of aromatic nitrogens is 5. The minimum Gasteiger partial charge on any atom is -0.380 e. The van der Waals surface area contributed by atoms with Crippen LogP contribution in [0.1, 0.15) is 56.3 Å². The number of H-pyrrole nitrogens is 1. The van der Waals surface area contributed by atoms with Gasteiger partial charge in [0.2, 0.25) is 0 Å². The highest BCUT2D eigenvalue weighted by atomic mass is 16.5. The summed E-state index contributed by atoms with van der Waals surface area (Å²) in [6.07, 6.45) is 3.59. The third kappa shape index (κ3) is 4.07. The first kappa shape index (κ1) is 21.8. The Morgan fingerprint density at radius 2 is 1.91 bits per heavy atom. The molecule has 1 aliphatic rings. The fourth-order valence-corrected chi connectivity index (χ4v) is 4.58. The van der Waals surface area contributed by atoms with Gasteiger partial charge in [-0.2, -0.15) is 10.2 Å². The number of ether oxygens (including phenoxy) is 1. The predicted molar refractivity (Wildman–Crippen MR) is 130 cm³/mol. The van der Waals surface area contributed by atoms with Gasteiger partial charge in [-0.15, -0.1) is 0 Å². The second-order valence-electron chi connectivity index (χ2n) is 9.98. The lowest BCUT2D eigenvalue weighted by molar-refractivity contribution is -0.0999. The Kier molecular flexibility index (Phi) is 5.54. The summed E-state index contributed by atoms with van der Waals surface area (Å²) in [4.78, 5) is 4.33. The van der Waals surface area contributed by atoms with Crippen molar-refractivity contribution in [2.24, 2.45) is 5.41 Å². The van der Waals surface area contributed by atoms with Crippen LogP contribution in [-0.4, -0.2) is 44.6 Å². The number of fused-ring (bicyclic) bond motifs is 1. The fraction of sp³-hybridized carbons (Fsp3) is 0.423. The first-order chi connectivity index (χ1) is 15.8. The number of hydrogen-bond acceptors (Lipinski definition) is 5. The van der Waals surface area contributed by atoms with Gasteiger partial charge < -0.3 is 10.1 Å². The quantitative estimate of drug-likeness (QED) is 0.424. The van der Waals surface area contributed by atoms with E-state index in [1.807, 2.05) is 10.7 Å². The van der Waals surface area contributed by atoms with Crippen LogP contribution in [0.25, 0.3) is 28.2 Å². The van der Waals surface area contributed by atoms with Gasteiger partial charge in [0.1, 0.15) is 6.33 Å². The molecule has 0 amide bonds. The molecule has 0 saturated carbocycles. The van der Waals surface area contributed by atoms with Crippen LogP contribution in [0.4, 0.5) is 0 Å². The maximum absolute atomic E-state index is 5.37. The van der Waals surface area contributed by atoms with Crippen LogP contribution in [0, 0.1) is 12.3 Å². The van der Waals surface area contributed by atoms with Crippen molar-refractivity contribution in [3.05, 3.63) is 59.5 Å². The van der Waals surface area contributed by atoms with Gasteiger partial charge in [-0.05, 0) is 42.5 Å². The van der Waals surface area contributed by atoms with Crippen LogP contribution in [0.2, 0.25) is 0 Å². The fourth-order valence-electron chi connectivity index (χ4n) is 4.58. The molecule has 7 nitrogen and oxygen atoms in total. The number of pyridine rings is 1. The molecule has 3 aromatic heterocycles. The zero-order valence-corrected chi connectivity index (χ0v) is 20.0. The molecule has 1 aliphatic heterocycles. The molecule has 7 heteroatoms. The van der Waals surface area contributed by atoms with Gasteiger partial charge in [0.25, 0.3) is 0 Å². The average molecular weight is 445 g/mol. The zero-order valence-electron chi connectivity index (χ0n) is 20.0. The van der Waals surface area contributed by atoms with Crippen LogP contribution in [0.15, 0.2) is 42.9 Å². The Morgan fingerprint density at radius 1 is 1.15 bits per heavy atom. The summed E-state index contributed by atoms with van der Waals surface area (Å²) >= 11 is 0. The third-order valence-corrected chi connectivity index (χ3v) is 6.65. The van der Waals surface area contributed by atoms with Gasteiger partial charge in [-0.1, -0.05) is 45.0 Å². The van der Waals surface area contributed by atoms with E-state index < -0.39 is 0 Å². The number of aromatic amines is 1. The van der Waals surface area contributed by atoms with Crippen LogP contribution in [0.3, 0.4) is 0 Å². The summed E-state index contributed by atoms with van der Waals surface area (Å²) in [6.45, 7) is 13.6. The van der Waals surface area contributed by atoms with Crippen LogP contribution >= 0.6 is 0 Å². The Balaban J connectivity index is 1.42. The summed E-state index contributed by atoms with van der Waals surface area (Å²) in [5.74, 6) is 0.311. The van der Waals surface area contributed by atoms with Gasteiger partial charge in [0, 0.05) is 35.3 Å². The van der Waals surface area contributed by atoms with E-state index in [-0.39, 0.29) is 11.5 Å². The van der Waals surface area contributed by atoms with Crippen molar-refractivity contribution in [1.29, 1.82) is 0 Å². The van der Waals surface area contributed by atoms with Gasteiger partial charge >= 0.3 is 0 Å². The van der Waals surface area contributed by atoms with E-state index in [2.05, 4.69) is 85.4 Å². The molecular weight excluding hydrogens is 412 g/mol. The summed E-state index contributed by atoms with van der Waals surface area (Å²) in [6, 6.07) is 11.2. The molecule has 33 heavy (non-hydrogen) atoms. The third-order valence-electron chi connectivity index (χ3n) is 6.65. The molecule has 4 aromatic rings. The number of nitrogens with zero attached hydrogens (tertiary/aromatic N) is 4. The van der Waals surface area contributed by atoms with Crippen molar-refractivity contribution in [2.75, 3.05) is 19.8 Å². The van der Waals surface area contributed by atoms with E-state index in [0.29, 0.717) is 5.92 Å². The summed E-state index contributed by atoms with van der Waals surface area (Å²) in [5.41, 5.74) is 8.94. The molecule has 0 radical (unpaired) electrons. The molecule has 0 bridgehead atoms. The monoisotopic (exact) mass is 444 g/mol. The highest BCUT2D eigenvalue weighted by molar-refractivity contribution is 5.75. The van der Waals surface area contributed by atoms with Crippen molar-refractivity contribution in [3.8, 4) is 22.5 Å². The standard InChI is InChI=1S/C26H32N6O/c1-16(2)22-23(30-31-24(22)21-10-17(3)25-28-15-29-32(25)11-21)20-8-6-19(7-9-20)18(4)27-12-26(5)13-33-14-26/h6-11,15-16,18,27H,12-14H2,1-5H3,(H,30,31). The zero-order chi connectivity index (χ0) is 23.2. The molecule has 1 atom stereocenters. The minimum absolute atomic E-state index is 0.264. The molecule has 1 unspecified atom stereocenters. The van der Waals surface area contributed by atoms with Crippen LogP contribution < -0.4 is 5.32 Å². The van der Waals surface area contributed by atoms with Gasteiger partial charge in [0.05, 0.1) is 24.6 Å². The highest BCUT2D eigenvalue weighted by Crippen LogP contribution is 2.36. The lowest BCUT2D eigenvalue weighted by Crippen LogP contribution is -2.47. The van der Waals surface area contributed by atoms with Crippen molar-refractivity contribution in [1.82, 2.24) is 30.1 Å². The number of benzene rings is 1. The van der Waals surface area contributed by atoms with Crippen molar-refractivity contribution in [3.63, 3.8) is 0 Å². The number of aryl methyl sites for hydroxylation is 1. The Hall–Kier alpha value is -3.03. The Bertz CT molecular complexity index is 1270. The van der Waals surface area contributed by atoms with Crippen molar-refractivity contribution in [2.45, 2.75) is 46.6 Å². The molecule has 1 fully saturated rings. The molecule has 0 aliphatic carbocycles. The van der Waals surface area contributed by atoms with Gasteiger partial charge in [-0.3, -0.25) is 5.10 Å².